The number of hydrogen-bond donors (Lipinski definition) is 0. The third kappa shape index (κ3) is 9.20. The molecule has 162 valence electrons. The first-order valence-corrected chi connectivity index (χ1v) is 11.3. The molecule has 5 nitrogen and oxygen atoms in total. The van der Waals surface area contributed by atoms with Gasteiger partial charge in [-0.25, -0.2) is 4.79 Å². The molecule has 0 aromatic carbocycles. The van der Waals surface area contributed by atoms with Gasteiger partial charge >= 0.3 is 5.97 Å². The van der Waals surface area contributed by atoms with E-state index in [-0.39, 0.29) is 24.2 Å². The highest BCUT2D eigenvalue weighted by atomic mass is 16.7. The molecule has 5 heteroatoms. The number of nitrogens with zero attached hydrogens (tertiary/aromatic N) is 1. The van der Waals surface area contributed by atoms with Crippen LogP contribution in [0.15, 0.2) is 0 Å². The average Bonchev–Trinajstić information content (AvgIpc) is 2.93. The summed E-state index contributed by atoms with van der Waals surface area (Å²) in [6.07, 6.45) is 14.9. The van der Waals surface area contributed by atoms with Crippen LogP contribution in [0.2, 0.25) is 0 Å². The van der Waals surface area contributed by atoms with E-state index in [1.54, 1.807) is 0 Å². The molecule has 2 amide bonds. The SMILES string of the molecule is CCCCCCCCCCCCCC(C(=O)ON1C(=O)CCC1=O)C(C)(C)C. The zero-order valence-electron chi connectivity index (χ0n) is 18.6. The van der Waals surface area contributed by atoms with E-state index < -0.39 is 17.8 Å². The second-order valence-corrected chi connectivity index (χ2v) is 9.23. The van der Waals surface area contributed by atoms with Crippen LogP contribution in [-0.2, 0) is 19.2 Å². The lowest BCUT2D eigenvalue weighted by atomic mass is 9.78. The van der Waals surface area contributed by atoms with E-state index in [2.05, 4.69) is 6.92 Å². The van der Waals surface area contributed by atoms with E-state index in [4.69, 9.17) is 4.84 Å². The Morgan fingerprint density at radius 1 is 0.857 bits per heavy atom. The fraction of sp³-hybridized carbons (Fsp3) is 0.870. The van der Waals surface area contributed by atoms with Crippen LogP contribution < -0.4 is 0 Å². The van der Waals surface area contributed by atoms with Gasteiger partial charge in [-0.05, 0) is 11.8 Å². The number of hydrogen-bond acceptors (Lipinski definition) is 4. The van der Waals surface area contributed by atoms with Crippen LogP contribution >= 0.6 is 0 Å². The molecular formula is C23H41NO4. The molecule has 28 heavy (non-hydrogen) atoms. The maximum absolute atomic E-state index is 12.6. The first kappa shape index (κ1) is 24.6. The molecule has 1 atom stereocenters. The van der Waals surface area contributed by atoms with E-state index in [1.165, 1.54) is 57.8 Å². The van der Waals surface area contributed by atoms with Gasteiger partial charge < -0.3 is 4.84 Å². The summed E-state index contributed by atoms with van der Waals surface area (Å²) in [7, 11) is 0. The van der Waals surface area contributed by atoms with Gasteiger partial charge in [0.25, 0.3) is 11.8 Å². The van der Waals surface area contributed by atoms with Crippen molar-refractivity contribution in [3.05, 3.63) is 0 Å². The van der Waals surface area contributed by atoms with Gasteiger partial charge in [0.15, 0.2) is 0 Å². The minimum Gasteiger partial charge on any atom is -0.330 e. The molecule has 1 fully saturated rings. The van der Waals surface area contributed by atoms with Gasteiger partial charge in [0.2, 0.25) is 0 Å². The average molecular weight is 396 g/mol. The van der Waals surface area contributed by atoms with Crippen LogP contribution in [0.3, 0.4) is 0 Å². The molecule has 1 heterocycles. The van der Waals surface area contributed by atoms with Gasteiger partial charge in [0.1, 0.15) is 0 Å². The third-order valence-corrected chi connectivity index (χ3v) is 5.61. The fourth-order valence-electron chi connectivity index (χ4n) is 3.73. The first-order valence-electron chi connectivity index (χ1n) is 11.3. The summed E-state index contributed by atoms with van der Waals surface area (Å²) >= 11 is 0. The van der Waals surface area contributed by atoms with Crippen molar-refractivity contribution in [2.45, 2.75) is 118 Å². The van der Waals surface area contributed by atoms with Crippen LogP contribution in [0.4, 0.5) is 0 Å². The molecule has 1 aliphatic heterocycles. The number of carbonyl (C=O) groups is 3. The molecule has 0 radical (unpaired) electrons. The number of unbranched alkanes of at least 4 members (excludes halogenated alkanes) is 10. The lowest BCUT2D eigenvalue weighted by molar-refractivity contribution is -0.203. The molecule has 1 aliphatic rings. The highest BCUT2D eigenvalue weighted by Crippen LogP contribution is 2.32. The van der Waals surface area contributed by atoms with Crippen LogP contribution in [-0.4, -0.2) is 22.8 Å². The van der Waals surface area contributed by atoms with Crippen LogP contribution in [0.5, 0.6) is 0 Å². The molecule has 1 rings (SSSR count). The van der Waals surface area contributed by atoms with E-state index in [9.17, 15) is 14.4 Å². The smallest absolute Gasteiger partial charge is 0.330 e. The first-order chi connectivity index (χ1) is 13.3. The maximum atomic E-state index is 12.6. The van der Waals surface area contributed by atoms with E-state index in [0.29, 0.717) is 5.06 Å². The molecule has 1 saturated heterocycles. The predicted molar refractivity (Wildman–Crippen MR) is 111 cm³/mol. The topological polar surface area (TPSA) is 63.7 Å². The Morgan fingerprint density at radius 2 is 1.29 bits per heavy atom. The molecular weight excluding hydrogens is 354 g/mol. The Balaban J connectivity index is 2.25. The van der Waals surface area contributed by atoms with Gasteiger partial charge in [-0.2, -0.15) is 0 Å². The van der Waals surface area contributed by atoms with Crippen molar-refractivity contribution < 1.29 is 19.2 Å². The Hall–Kier alpha value is -1.39. The van der Waals surface area contributed by atoms with Crippen molar-refractivity contribution in [2.75, 3.05) is 0 Å². The summed E-state index contributed by atoms with van der Waals surface area (Å²) in [4.78, 5) is 41.1. The fourth-order valence-corrected chi connectivity index (χ4v) is 3.73. The zero-order valence-corrected chi connectivity index (χ0v) is 18.6. The van der Waals surface area contributed by atoms with E-state index >= 15 is 0 Å². The number of imide groups is 1. The standard InChI is InChI=1S/C23H41NO4/c1-5-6-7-8-9-10-11-12-13-14-15-16-19(23(2,3)4)22(27)28-24-20(25)17-18-21(24)26/h19H,5-18H2,1-4H3. The number of amides is 2. The van der Waals surface area contributed by atoms with Gasteiger partial charge in [-0.1, -0.05) is 98.3 Å². The predicted octanol–water partition coefficient (Wildman–Crippen LogP) is 5.96. The second-order valence-electron chi connectivity index (χ2n) is 9.23. The normalized spacial score (nSPS) is 15.9. The summed E-state index contributed by atoms with van der Waals surface area (Å²) in [5, 5.41) is 0.668. The van der Waals surface area contributed by atoms with Crippen molar-refractivity contribution in [1.29, 1.82) is 0 Å². The van der Waals surface area contributed by atoms with Crippen LogP contribution in [0.1, 0.15) is 118 Å². The highest BCUT2D eigenvalue weighted by molar-refractivity contribution is 6.01. The third-order valence-electron chi connectivity index (χ3n) is 5.61. The summed E-state index contributed by atoms with van der Waals surface area (Å²) in [6.45, 7) is 8.26. The zero-order chi connectivity index (χ0) is 21.0. The monoisotopic (exact) mass is 395 g/mol. The van der Waals surface area contributed by atoms with Crippen molar-refractivity contribution in [1.82, 2.24) is 5.06 Å². The Labute approximate surface area is 171 Å². The molecule has 0 saturated carbocycles. The second kappa shape index (κ2) is 12.9. The van der Waals surface area contributed by atoms with Gasteiger partial charge in [-0.3, -0.25) is 9.59 Å². The van der Waals surface area contributed by atoms with Crippen molar-refractivity contribution in [3.63, 3.8) is 0 Å². The molecule has 0 aromatic rings. The molecule has 0 aromatic heterocycles. The van der Waals surface area contributed by atoms with Crippen molar-refractivity contribution in [2.24, 2.45) is 11.3 Å². The number of rotatable bonds is 14. The van der Waals surface area contributed by atoms with Crippen molar-refractivity contribution >= 4 is 17.8 Å². The summed E-state index contributed by atoms with van der Waals surface area (Å²) in [5.74, 6) is -1.60. The lowest BCUT2D eigenvalue weighted by Gasteiger charge is -2.29. The summed E-state index contributed by atoms with van der Waals surface area (Å²) in [5.41, 5.74) is -0.263. The molecule has 0 N–H and O–H groups in total. The quantitative estimate of drug-likeness (QED) is 0.269. The minimum atomic E-state index is -0.455. The van der Waals surface area contributed by atoms with Crippen molar-refractivity contribution in [3.8, 4) is 0 Å². The lowest BCUT2D eigenvalue weighted by Crippen LogP contribution is -2.38. The summed E-state index contributed by atoms with van der Waals surface area (Å²) < 4.78 is 0. The molecule has 1 unspecified atom stereocenters. The van der Waals surface area contributed by atoms with Gasteiger partial charge in [0, 0.05) is 12.8 Å². The van der Waals surface area contributed by atoms with Gasteiger partial charge in [0.05, 0.1) is 5.92 Å². The maximum Gasteiger partial charge on any atom is 0.336 e. The Bertz CT molecular complexity index is 479. The van der Waals surface area contributed by atoms with Gasteiger partial charge in [-0.15, -0.1) is 5.06 Å². The van der Waals surface area contributed by atoms with Crippen LogP contribution in [0, 0.1) is 11.3 Å². The minimum absolute atomic E-state index is 0.130. The summed E-state index contributed by atoms with van der Waals surface area (Å²) in [6, 6.07) is 0. The Kier molecular flexibility index (Phi) is 11.4. The number of hydroxylamine groups is 2. The molecule has 0 aliphatic carbocycles. The Morgan fingerprint density at radius 3 is 1.71 bits per heavy atom. The molecule has 0 bridgehead atoms. The van der Waals surface area contributed by atoms with Crippen LogP contribution in [0.25, 0.3) is 0 Å². The highest BCUT2D eigenvalue weighted by Gasteiger charge is 2.38. The van der Waals surface area contributed by atoms with E-state index in [1.807, 2.05) is 20.8 Å². The van der Waals surface area contributed by atoms with E-state index in [0.717, 1.165) is 19.3 Å². The largest absolute Gasteiger partial charge is 0.336 e. The number of carbonyl (C=O) groups excluding carboxylic acids is 3. The molecule has 0 spiro atoms.